The highest BCUT2D eigenvalue weighted by atomic mass is 16.4. The molecule has 0 aliphatic carbocycles. The summed E-state index contributed by atoms with van der Waals surface area (Å²) in [6.45, 7) is 2.60. The molecule has 0 bridgehead atoms. The van der Waals surface area contributed by atoms with Crippen molar-refractivity contribution in [1.29, 1.82) is 0 Å². The lowest BCUT2D eigenvalue weighted by Gasteiger charge is -2.21. The van der Waals surface area contributed by atoms with Gasteiger partial charge in [0, 0.05) is 19.8 Å². The summed E-state index contributed by atoms with van der Waals surface area (Å²) in [6.07, 6.45) is 2.43. The van der Waals surface area contributed by atoms with Crippen LogP contribution in [0.25, 0.3) is 5.65 Å². The second kappa shape index (κ2) is 6.25. The summed E-state index contributed by atoms with van der Waals surface area (Å²) in [5.74, 6) is -0.933. The minimum atomic E-state index is -1.07. The summed E-state index contributed by atoms with van der Waals surface area (Å²) >= 11 is 0. The molecule has 2 rings (SSSR count). The molecule has 0 saturated heterocycles. The number of nitrogens with one attached hydrogen (secondary N) is 1. The summed E-state index contributed by atoms with van der Waals surface area (Å²) in [7, 11) is 1.55. The Morgan fingerprint density at radius 2 is 2.19 bits per heavy atom. The number of aromatic carboxylic acids is 1. The molecule has 7 nitrogen and oxygen atoms in total. The number of hydrogen-bond donors (Lipinski definition) is 2. The van der Waals surface area contributed by atoms with Crippen LogP contribution in [0.15, 0.2) is 24.4 Å². The van der Waals surface area contributed by atoms with Crippen molar-refractivity contribution in [3.8, 4) is 0 Å². The topological polar surface area (TPSA) is 86.9 Å². The van der Waals surface area contributed by atoms with Gasteiger partial charge >= 0.3 is 5.97 Å². The Balaban J connectivity index is 2.53. The molecule has 2 heterocycles. The Bertz CT molecular complexity index is 665. The lowest BCUT2D eigenvalue weighted by atomic mass is 10.3. The van der Waals surface area contributed by atoms with Gasteiger partial charge in [-0.25, -0.2) is 9.78 Å². The molecule has 0 saturated carbocycles. The molecular weight excluding hydrogens is 272 g/mol. The third-order valence-electron chi connectivity index (χ3n) is 3.12. The zero-order chi connectivity index (χ0) is 15.4. The summed E-state index contributed by atoms with van der Waals surface area (Å²) in [5.41, 5.74) is 0.617. The van der Waals surface area contributed by atoms with Crippen LogP contribution in [0, 0.1) is 0 Å². The van der Waals surface area contributed by atoms with Crippen molar-refractivity contribution in [3.63, 3.8) is 0 Å². The van der Waals surface area contributed by atoms with Crippen molar-refractivity contribution < 1.29 is 14.7 Å². The number of carboxylic acids is 1. The number of carbonyl (C=O) groups excluding carboxylic acids is 1. The molecule has 112 valence electrons. The van der Waals surface area contributed by atoms with Crippen LogP contribution in [0.3, 0.4) is 0 Å². The van der Waals surface area contributed by atoms with Crippen molar-refractivity contribution in [2.75, 3.05) is 25.0 Å². The van der Waals surface area contributed by atoms with Gasteiger partial charge in [-0.15, -0.1) is 0 Å². The summed E-state index contributed by atoms with van der Waals surface area (Å²) in [6, 6.07) is 5.27. The van der Waals surface area contributed by atoms with Crippen molar-refractivity contribution in [3.05, 3.63) is 30.1 Å². The van der Waals surface area contributed by atoms with E-state index in [4.69, 9.17) is 0 Å². The fourth-order valence-electron chi connectivity index (χ4n) is 2.18. The molecule has 0 atom stereocenters. The lowest BCUT2D eigenvalue weighted by molar-refractivity contribution is -0.119. The van der Waals surface area contributed by atoms with E-state index in [1.807, 2.05) is 6.92 Å². The first-order valence-electron chi connectivity index (χ1n) is 6.74. The van der Waals surface area contributed by atoms with Crippen LogP contribution in [0.1, 0.15) is 23.8 Å². The van der Waals surface area contributed by atoms with Crippen LogP contribution in [-0.4, -0.2) is 46.5 Å². The maximum atomic E-state index is 11.6. The highest BCUT2D eigenvalue weighted by Crippen LogP contribution is 2.22. The molecule has 0 unspecified atom stereocenters. The van der Waals surface area contributed by atoms with Crippen LogP contribution < -0.4 is 10.2 Å². The van der Waals surface area contributed by atoms with Gasteiger partial charge in [-0.05, 0) is 18.6 Å². The number of pyridine rings is 1. The molecule has 21 heavy (non-hydrogen) atoms. The summed E-state index contributed by atoms with van der Waals surface area (Å²) in [5, 5.41) is 12.0. The first kappa shape index (κ1) is 14.8. The van der Waals surface area contributed by atoms with E-state index >= 15 is 0 Å². The Morgan fingerprint density at radius 3 is 2.81 bits per heavy atom. The Hall–Kier alpha value is -2.57. The molecule has 1 amide bonds. The van der Waals surface area contributed by atoms with Crippen molar-refractivity contribution >= 4 is 23.3 Å². The van der Waals surface area contributed by atoms with Crippen LogP contribution in [0.4, 0.5) is 5.82 Å². The van der Waals surface area contributed by atoms with Crippen LogP contribution >= 0.6 is 0 Å². The van der Waals surface area contributed by atoms with E-state index in [0.29, 0.717) is 18.0 Å². The maximum absolute atomic E-state index is 11.6. The molecule has 0 aliphatic rings. The number of carboxylic acid groups (broad SMARTS) is 1. The van der Waals surface area contributed by atoms with E-state index < -0.39 is 5.97 Å². The number of imidazole rings is 1. The zero-order valence-corrected chi connectivity index (χ0v) is 12.0. The van der Waals surface area contributed by atoms with Crippen LogP contribution in [0.2, 0.25) is 0 Å². The number of anilines is 1. The monoisotopic (exact) mass is 290 g/mol. The predicted molar refractivity (Wildman–Crippen MR) is 78.7 cm³/mol. The number of amides is 1. The van der Waals surface area contributed by atoms with Gasteiger partial charge in [-0.3, -0.25) is 9.20 Å². The van der Waals surface area contributed by atoms with Gasteiger partial charge in [0.25, 0.3) is 0 Å². The first-order valence-corrected chi connectivity index (χ1v) is 6.74. The second-order valence-electron chi connectivity index (χ2n) is 4.61. The highest BCUT2D eigenvalue weighted by Gasteiger charge is 2.23. The molecule has 0 aliphatic heterocycles. The van der Waals surface area contributed by atoms with Crippen LogP contribution in [0.5, 0.6) is 0 Å². The smallest absolute Gasteiger partial charge is 0.356 e. The standard InChI is InChI=1S/C14H18N4O3/c1-3-7-17(9-11(19)15-2)13-12(14(20)21)18-8-5-4-6-10(18)16-13/h4-6,8H,3,7,9H2,1-2H3,(H,15,19)(H,20,21). The van der Waals surface area contributed by atoms with Gasteiger partial charge in [0.1, 0.15) is 5.65 Å². The van der Waals surface area contributed by atoms with Crippen molar-refractivity contribution in [2.45, 2.75) is 13.3 Å². The maximum Gasteiger partial charge on any atom is 0.356 e. The molecule has 7 heteroatoms. The molecule has 0 radical (unpaired) electrons. The summed E-state index contributed by atoms with van der Waals surface area (Å²) < 4.78 is 1.52. The average Bonchev–Trinajstić information content (AvgIpc) is 2.86. The van der Waals surface area contributed by atoms with Gasteiger partial charge in [0.15, 0.2) is 11.5 Å². The van der Waals surface area contributed by atoms with Crippen molar-refractivity contribution in [1.82, 2.24) is 14.7 Å². The van der Waals surface area contributed by atoms with Crippen LogP contribution in [-0.2, 0) is 4.79 Å². The molecule has 0 fully saturated rings. The Labute approximate surface area is 122 Å². The third-order valence-corrected chi connectivity index (χ3v) is 3.12. The first-order chi connectivity index (χ1) is 10.1. The minimum Gasteiger partial charge on any atom is -0.476 e. The normalized spacial score (nSPS) is 10.6. The lowest BCUT2D eigenvalue weighted by Crippen LogP contribution is -2.37. The largest absolute Gasteiger partial charge is 0.476 e. The number of aromatic nitrogens is 2. The molecular formula is C14H18N4O3. The Morgan fingerprint density at radius 1 is 1.43 bits per heavy atom. The van der Waals surface area contributed by atoms with Gasteiger partial charge in [0.05, 0.1) is 6.54 Å². The number of fused-ring (bicyclic) bond motifs is 1. The van der Waals surface area contributed by atoms with E-state index in [-0.39, 0.29) is 18.1 Å². The number of carbonyl (C=O) groups is 2. The van der Waals surface area contributed by atoms with Crippen molar-refractivity contribution in [2.24, 2.45) is 0 Å². The Kier molecular flexibility index (Phi) is 4.42. The van der Waals surface area contributed by atoms with E-state index in [9.17, 15) is 14.7 Å². The number of nitrogens with zero attached hydrogens (tertiary/aromatic N) is 3. The average molecular weight is 290 g/mol. The number of hydrogen-bond acceptors (Lipinski definition) is 4. The van der Waals surface area contributed by atoms with E-state index in [1.165, 1.54) is 4.40 Å². The van der Waals surface area contributed by atoms with E-state index in [0.717, 1.165) is 6.42 Å². The number of rotatable bonds is 6. The summed E-state index contributed by atoms with van der Waals surface area (Å²) in [4.78, 5) is 29.3. The second-order valence-corrected chi connectivity index (χ2v) is 4.61. The quantitative estimate of drug-likeness (QED) is 0.828. The molecule has 2 N–H and O–H groups in total. The minimum absolute atomic E-state index is 0.0722. The third kappa shape index (κ3) is 2.96. The van der Waals surface area contributed by atoms with Gasteiger partial charge in [-0.1, -0.05) is 13.0 Å². The SMILES string of the molecule is CCCN(CC(=O)NC)c1nc2ccccn2c1C(=O)O. The van der Waals surface area contributed by atoms with E-state index in [2.05, 4.69) is 10.3 Å². The van der Waals surface area contributed by atoms with E-state index in [1.54, 1.807) is 36.3 Å². The molecule has 2 aromatic heterocycles. The number of likely N-dealkylation sites (N-methyl/N-ethyl adjacent to an activating group) is 1. The highest BCUT2D eigenvalue weighted by molar-refractivity contribution is 5.94. The zero-order valence-electron chi connectivity index (χ0n) is 12.0. The van der Waals surface area contributed by atoms with Gasteiger partial charge < -0.3 is 15.3 Å². The molecule has 2 aromatic rings. The molecule has 0 aromatic carbocycles. The fraction of sp³-hybridized carbons (Fsp3) is 0.357. The predicted octanol–water partition coefficient (Wildman–Crippen LogP) is 0.995. The van der Waals surface area contributed by atoms with Gasteiger partial charge in [0.2, 0.25) is 5.91 Å². The van der Waals surface area contributed by atoms with Gasteiger partial charge in [-0.2, -0.15) is 0 Å². The fourth-order valence-corrected chi connectivity index (χ4v) is 2.18. The molecule has 0 spiro atoms.